The lowest BCUT2D eigenvalue weighted by atomic mass is 9.82. The van der Waals surface area contributed by atoms with E-state index < -0.39 is 0 Å². The average molecular weight is 169 g/mol. The molecule has 0 aromatic carbocycles. The Kier molecular flexibility index (Phi) is 2.66. The van der Waals surface area contributed by atoms with E-state index in [9.17, 15) is 0 Å². The van der Waals surface area contributed by atoms with Gasteiger partial charge in [0, 0.05) is 6.61 Å². The summed E-state index contributed by atoms with van der Waals surface area (Å²) in [6.07, 6.45) is 7.16. The Bertz CT molecular complexity index is 139. The maximum absolute atomic E-state index is 5.71. The van der Waals surface area contributed by atoms with E-state index in [2.05, 4.69) is 0 Å². The molecule has 0 bridgehead atoms. The monoisotopic (exact) mass is 169 g/mol. The topological polar surface area (TPSA) is 35.2 Å². The zero-order valence-electron chi connectivity index (χ0n) is 7.67. The van der Waals surface area contributed by atoms with E-state index in [4.69, 9.17) is 10.5 Å². The second kappa shape index (κ2) is 3.75. The second-order valence-electron chi connectivity index (χ2n) is 4.30. The van der Waals surface area contributed by atoms with Gasteiger partial charge in [0.05, 0.1) is 6.10 Å². The van der Waals surface area contributed by atoms with Gasteiger partial charge in [0.15, 0.2) is 0 Å². The molecule has 0 spiro atoms. The first kappa shape index (κ1) is 8.52. The molecule has 0 amide bonds. The average Bonchev–Trinajstić information content (AvgIpc) is 2.77. The number of rotatable bonds is 5. The highest BCUT2D eigenvalue weighted by molar-refractivity contribution is 4.81. The molecule has 0 aromatic heterocycles. The van der Waals surface area contributed by atoms with Gasteiger partial charge in [0.1, 0.15) is 0 Å². The van der Waals surface area contributed by atoms with E-state index in [0.717, 1.165) is 25.0 Å². The van der Waals surface area contributed by atoms with E-state index in [-0.39, 0.29) is 0 Å². The van der Waals surface area contributed by atoms with Crippen molar-refractivity contribution >= 4 is 0 Å². The summed E-state index contributed by atoms with van der Waals surface area (Å²) in [5.74, 6) is 1.77. The van der Waals surface area contributed by atoms with Crippen LogP contribution in [0.25, 0.3) is 0 Å². The Morgan fingerprint density at radius 2 is 1.92 bits per heavy atom. The number of hydrogen-bond donors (Lipinski definition) is 1. The molecule has 12 heavy (non-hydrogen) atoms. The van der Waals surface area contributed by atoms with Crippen LogP contribution < -0.4 is 5.73 Å². The minimum absolute atomic E-state index is 0.553. The summed E-state index contributed by atoms with van der Waals surface area (Å²) in [6, 6.07) is 0. The molecule has 2 N–H and O–H groups in total. The SMILES string of the molecule is NCC1CC(OCCC2CC2)C1. The summed E-state index contributed by atoms with van der Waals surface area (Å²) >= 11 is 0. The predicted molar refractivity (Wildman–Crippen MR) is 48.9 cm³/mol. The Balaban J connectivity index is 1.46. The van der Waals surface area contributed by atoms with Gasteiger partial charge in [-0.1, -0.05) is 12.8 Å². The lowest BCUT2D eigenvalue weighted by Gasteiger charge is -2.34. The van der Waals surface area contributed by atoms with Crippen molar-refractivity contribution in [2.75, 3.05) is 13.2 Å². The van der Waals surface area contributed by atoms with Crippen molar-refractivity contribution < 1.29 is 4.74 Å². The molecule has 2 aliphatic rings. The molecule has 0 heterocycles. The standard InChI is InChI=1S/C10H19NO/c11-7-9-5-10(6-9)12-4-3-8-1-2-8/h8-10H,1-7,11H2. The maximum atomic E-state index is 5.71. The van der Waals surface area contributed by atoms with E-state index >= 15 is 0 Å². The van der Waals surface area contributed by atoms with Gasteiger partial charge in [-0.15, -0.1) is 0 Å². The molecule has 0 saturated heterocycles. The molecule has 2 nitrogen and oxygen atoms in total. The third-order valence-electron chi connectivity index (χ3n) is 3.10. The van der Waals surface area contributed by atoms with Crippen LogP contribution in [0, 0.1) is 11.8 Å². The molecule has 0 atom stereocenters. The molecule has 2 saturated carbocycles. The summed E-state index contributed by atoms with van der Waals surface area (Å²) in [5, 5.41) is 0. The zero-order chi connectivity index (χ0) is 8.39. The van der Waals surface area contributed by atoms with E-state index in [1.807, 2.05) is 0 Å². The highest BCUT2D eigenvalue weighted by Crippen LogP contribution is 2.34. The lowest BCUT2D eigenvalue weighted by Crippen LogP contribution is -2.36. The Morgan fingerprint density at radius 3 is 2.50 bits per heavy atom. The van der Waals surface area contributed by atoms with Crippen LogP contribution in [0.4, 0.5) is 0 Å². The Labute approximate surface area is 74.5 Å². The van der Waals surface area contributed by atoms with Gasteiger partial charge in [-0.3, -0.25) is 0 Å². The molecule has 0 aliphatic heterocycles. The van der Waals surface area contributed by atoms with Crippen molar-refractivity contribution in [3.8, 4) is 0 Å². The van der Waals surface area contributed by atoms with E-state index in [0.29, 0.717) is 6.10 Å². The molecule has 70 valence electrons. The van der Waals surface area contributed by atoms with Gasteiger partial charge in [-0.05, 0) is 37.6 Å². The first-order valence-electron chi connectivity index (χ1n) is 5.20. The number of nitrogens with two attached hydrogens (primary N) is 1. The van der Waals surface area contributed by atoms with Gasteiger partial charge < -0.3 is 10.5 Å². The minimum Gasteiger partial charge on any atom is -0.378 e. The van der Waals surface area contributed by atoms with Crippen LogP contribution in [0.1, 0.15) is 32.1 Å². The fourth-order valence-electron chi connectivity index (χ4n) is 1.81. The van der Waals surface area contributed by atoms with Crippen molar-refractivity contribution in [1.29, 1.82) is 0 Å². The maximum Gasteiger partial charge on any atom is 0.0581 e. The van der Waals surface area contributed by atoms with Gasteiger partial charge in [0.25, 0.3) is 0 Å². The Morgan fingerprint density at radius 1 is 1.17 bits per heavy atom. The van der Waals surface area contributed by atoms with Crippen LogP contribution in [0.3, 0.4) is 0 Å². The lowest BCUT2D eigenvalue weighted by molar-refractivity contribution is -0.0298. The van der Waals surface area contributed by atoms with E-state index in [1.54, 1.807) is 0 Å². The molecule has 2 fully saturated rings. The number of ether oxygens (including phenoxy) is 1. The largest absolute Gasteiger partial charge is 0.378 e. The third-order valence-corrected chi connectivity index (χ3v) is 3.10. The predicted octanol–water partition coefficient (Wildman–Crippen LogP) is 1.54. The molecule has 2 heteroatoms. The van der Waals surface area contributed by atoms with Crippen molar-refractivity contribution in [3.63, 3.8) is 0 Å². The van der Waals surface area contributed by atoms with Crippen molar-refractivity contribution in [1.82, 2.24) is 0 Å². The van der Waals surface area contributed by atoms with Crippen LogP contribution in [-0.4, -0.2) is 19.3 Å². The zero-order valence-corrected chi connectivity index (χ0v) is 7.67. The second-order valence-corrected chi connectivity index (χ2v) is 4.30. The summed E-state index contributed by atoms with van der Waals surface area (Å²) in [6.45, 7) is 1.84. The molecule has 0 aromatic rings. The summed E-state index contributed by atoms with van der Waals surface area (Å²) in [5.41, 5.74) is 5.53. The van der Waals surface area contributed by atoms with Gasteiger partial charge in [-0.2, -0.15) is 0 Å². The molecule has 2 aliphatic carbocycles. The minimum atomic E-state index is 0.553. The van der Waals surface area contributed by atoms with Crippen LogP contribution in [0.15, 0.2) is 0 Å². The molecular weight excluding hydrogens is 150 g/mol. The van der Waals surface area contributed by atoms with E-state index in [1.165, 1.54) is 32.1 Å². The van der Waals surface area contributed by atoms with Gasteiger partial charge >= 0.3 is 0 Å². The summed E-state index contributed by atoms with van der Waals surface area (Å²) < 4.78 is 5.71. The summed E-state index contributed by atoms with van der Waals surface area (Å²) in [7, 11) is 0. The first-order valence-corrected chi connectivity index (χ1v) is 5.20. The normalized spacial score (nSPS) is 34.8. The van der Waals surface area contributed by atoms with Crippen molar-refractivity contribution in [3.05, 3.63) is 0 Å². The third kappa shape index (κ3) is 2.20. The van der Waals surface area contributed by atoms with Crippen molar-refractivity contribution in [2.45, 2.75) is 38.2 Å². The van der Waals surface area contributed by atoms with Crippen molar-refractivity contribution in [2.24, 2.45) is 17.6 Å². The Hall–Kier alpha value is -0.0800. The fourth-order valence-corrected chi connectivity index (χ4v) is 1.81. The van der Waals surface area contributed by atoms with Crippen LogP contribution in [0.5, 0.6) is 0 Å². The first-order chi connectivity index (χ1) is 5.88. The quantitative estimate of drug-likeness (QED) is 0.677. The number of hydrogen-bond acceptors (Lipinski definition) is 2. The fraction of sp³-hybridized carbons (Fsp3) is 1.00. The van der Waals surface area contributed by atoms with Crippen LogP contribution >= 0.6 is 0 Å². The van der Waals surface area contributed by atoms with Gasteiger partial charge in [0.2, 0.25) is 0 Å². The molecule has 0 unspecified atom stereocenters. The molecular formula is C10H19NO. The molecule has 2 rings (SSSR count). The van der Waals surface area contributed by atoms with Crippen LogP contribution in [0.2, 0.25) is 0 Å². The van der Waals surface area contributed by atoms with Gasteiger partial charge in [-0.25, -0.2) is 0 Å². The highest BCUT2D eigenvalue weighted by Gasteiger charge is 2.29. The smallest absolute Gasteiger partial charge is 0.0581 e. The van der Waals surface area contributed by atoms with Crippen LogP contribution in [-0.2, 0) is 4.74 Å². The highest BCUT2D eigenvalue weighted by atomic mass is 16.5. The molecule has 0 radical (unpaired) electrons. The summed E-state index contributed by atoms with van der Waals surface area (Å²) in [4.78, 5) is 0.